The number of ether oxygens (including phenoxy) is 2. The first-order chi connectivity index (χ1) is 14.8. The van der Waals surface area contributed by atoms with Gasteiger partial charge in [-0.1, -0.05) is 41.7 Å². The average molecular weight is 484 g/mol. The van der Waals surface area contributed by atoms with Crippen LogP contribution in [0.2, 0.25) is 15.1 Å². The second-order valence-electron chi connectivity index (χ2n) is 6.44. The number of hydrogen-bond donors (Lipinski definition) is 1. The lowest BCUT2D eigenvalue weighted by molar-refractivity contribution is -0.122. The van der Waals surface area contributed by atoms with Crippen molar-refractivity contribution >= 4 is 64.4 Å². The van der Waals surface area contributed by atoms with Gasteiger partial charge in [0.2, 0.25) is 0 Å². The summed E-state index contributed by atoms with van der Waals surface area (Å²) in [7, 11) is 1.45. The Morgan fingerprint density at radius 2 is 1.77 bits per heavy atom. The smallest absolute Gasteiger partial charge is 0.335 e. The lowest BCUT2D eigenvalue weighted by Gasteiger charge is -2.26. The van der Waals surface area contributed by atoms with E-state index in [2.05, 4.69) is 5.32 Å². The summed E-state index contributed by atoms with van der Waals surface area (Å²) in [6, 6.07) is 6.45. The van der Waals surface area contributed by atoms with E-state index in [0.717, 1.165) is 11.3 Å². The van der Waals surface area contributed by atoms with Crippen LogP contribution in [0.25, 0.3) is 6.08 Å². The van der Waals surface area contributed by atoms with Crippen molar-refractivity contribution in [3.05, 3.63) is 56.5 Å². The number of urea groups is 1. The highest BCUT2D eigenvalue weighted by molar-refractivity contribution is 6.43. The summed E-state index contributed by atoms with van der Waals surface area (Å²) in [5.41, 5.74) is 0.299. The van der Waals surface area contributed by atoms with E-state index in [4.69, 9.17) is 44.3 Å². The molecule has 0 unspecified atom stereocenters. The molecule has 3 rings (SSSR count). The summed E-state index contributed by atoms with van der Waals surface area (Å²) in [5.74, 6) is -0.963. The van der Waals surface area contributed by atoms with E-state index in [0.29, 0.717) is 23.7 Å². The maximum absolute atomic E-state index is 13.0. The van der Waals surface area contributed by atoms with E-state index in [1.54, 1.807) is 6.07 Å². The number of benzene rings is 2. The number of anilines is 1. The number of nitrogens with one attached hydrogen (secondary N) is 1. The monoisotopic (exact) mass is 482 g/mol. The zero-order valence-corrected chi connectivity index (χ0v) is 18.8. The second kappa shape index (κ2) is 9.60. The second-order valence-corrected chi connectivity index (χ2v) is 7.66. The largest absolute Gasteiger partial charge is 0.493 e. The number of amides is 4. The summed E-state index contributed by atoms with van der Waals surface area (Å²) in [4.78, 5) is 38.5. The molecule has 2 aromatic rings. The first-order valence-corrected chi connectivity index (χ1v) is 10.3. The van der Waals surface area contributed by atoms with Gasteiger partial charge >= 0.3 is 6.03 Å². The van der Waals surface area contributed by atoms with Crippen molar-refractivity contribution in [1.29, 1.82) is 0 Å². The Balaban J connectivity index is 2.01. The molecule has 0 radical (unpaired) electrons. The van der Waals surface area contributed by atoms with Crippen LogP contribution in [0.1, 0.15) is 18.9 Å². The quantitative estimate of drug-likeness (QED) is 0.456. The summed E-state index contributed by atoms with van der Waals surface area (Å²) in [5, 5.41) is 2.80. The molecule has 0 spiro atoms. The van der Waals surface area contributed by atoms with Gasteiger partial charge in [0.1, 0.15) is 5.57 Å². The minimum atomic E-state index is -0.899. The summed E-state index contributed by atoms with van der Waals surface area (Å²) in [6.07, 6.45) is 2.09. The fourth-order valence-electron chi connectivity index (χ4n) is 2.85. The third-order valence-corrected chi connectivity index (χ3v) is 5.30. The Kier molecular flexibility index (Phi) is 7.10. The number of barbiturate groups is 1. The third kappa shape index (κ3) is 4.79. The van der Waals surface area contributed by atoms with Gasteiger partial charge in [-0.25, -0.2) is 9.69 Å². The van der Waals surface area contributed by atoms with Gasteiger partial charge in [-0.2, -0.15) is 0 Å². The number of imide groups is 2. The maximum atomic E-state index is 13.0. The standard InChI is InChI=1S/C21H17Cl3N2O5/c1-3-6-31-18-16(24)8-11(9-17(18)30-2)7-13-19(27)25-21(29)26(20(13)28)12-4-5-14(22)15(23)10-12/h4-5,7-10H,3,6H2,1-2H3,(H,25,27,29)/b13-7+. The molecule has 1 saturated heterocycles. The van der Waals surface area contributed by atoms with Gasteiger partial charge < -0.3 is 9.47 Å². The number of nitrogens with zero attached hydrogens (tertiary/aromatic N) is 1. The van der Waals surface area contributed by atoms with Gasteiger partial charge in [0, 0.05) is 0 Å². The molecule has 0 bridgehead atoms. The maximum Gasteiger partial charge on any atom is 0.335 e. The zero-order valence-electron chi connectivity index (χ0n) is 16.5. The van der Waals surface area contributed by atoms with E-state index < -0.39 is 17.8 Å². The van der Waals surface area contributed by atoms with E-state index in [1.807, 2.05) is 6.92 Å². The molecular weight excluding hydrogens is 467 g/mol. The molecule has 1 aliphatic rings. The minimum absolute atomic E-state index is 0.154. The van der Waals surface area contributed by atoms with Crippen molar-refractivity contribution in [3.8, 4) is 11.5 Å². The first kappa shape index (κ1) is 22.9. The minimum Gasteiger partial charge on any atom is -0.493 e. The molecule has 31 heavy (non-hydrogen) atoms. The highest BCUT2D eigenvalue weighted by Crippen LogP contribution is 2.37. The molecule has 1 aliphatic heterocycles. The number of hydrogen-bond acceptors (Lipinski definition) is 5. The number of halogens is 3. The Morgan fingerprint density at radius 1 is 1.03 bits per heavy atom. The van der Waals surface area contributed by atoms with Crippen molar-refractivity contribution in [2.75, 3.05) is 18.6 Å². The first-order valence-electron chi connectivity index (χ1n) is 9.13. The van der Waals surface area contributed by atoms with Crippen LogP contribution in [0.3, 0.4) is 0 Å². The molecular formula is C21H17Cl3N2O5. The molecule has 10 heteroatoms. The van der Waals surface area contributed by atoms with Crippen LogP contribution in [0.5, 0.6) is 11.5 Å². The predicted octanol–water partition coefficient (Wildman–Crippen LogP) is 5.11. The normalized spacial score (nSPS) is 15.3. The van der Waals surface area contributed by atoms with Crippen LogP contribution >= 0.6 is 34.8 Å². The SMILES string of the molecule is CCCOc1c(Cl)cc(/C=C2\C(=O)NC(=O)N(c3ccc(Cl)c(Cl)c3)C2=O)cc1OC. The van der Waals surface area contributed by atoms with E-state index in [1.165, 1.54) is 37.5 Å². The van der Waals surface area contributed by atoms with Crippen molar-refractivity contribution < 1.29 is 23.9 Å². The van der Waals surface area contributed by atoms with Gasteiger partial charge in [-0.15, -0.1) is 0 Å². The lowest BCUT2D eigenvalue weighted by Crippen LogP contribution is -2.54. The van der Waals surface area contributed by atoms with Gasteiger partial charge in [-0.3, -0.25) is 14.9 Å². The Bertz CT molecular complexity index is 1100. The van der Waals surface area contributed by atoms with Crippen LogP contribution in [0.15, 0.2) is 35.9 Å². The van der Waals surface area contributed by atoms with Gasteiger partial charge in [-0.05, 0) is 48.4 Å². The van der Waals surface area contributed by atoms with Crippen LogP contribution < -0.4 is 19.7 Å². The van der Waals surface area contributed by atoms with Gasteiger partial charge in [0.05, 0.1) is 34.5 Å². The number of carbonyl (C=O) groups excluding carboxylic acids is 3. The van der Waals surface area contributed by atoms with Gasteiger partial charge in [0.25, 0.3) is 11.8 Å². The summed E-state index contributed by atoms with van der Waals surface area (Å²) in [6.45, 7) is 2.39. The summed E-state index contributed by atoms with van der Waals surface area (Å²) < 4.78 is 10.9. The average Bonchev–Trinajstić information content (AvgIpc) is 2.72. The number of rotatable bonds is 6. The Labute approximate surface area is 193 Å². The van der Waals surface area contributed by atoms with Gasteiger partial charge in [0.15, 0.2) is 11.5 Å². The highest BCUT2D eigenvalue weighted by Gasteiger charge is 2.37. The third-order valence-electron chi connectivity index (χ3n) is 4.28. The Hall–Kier alpha value is -2.74. The fraction of sp³-hybridized carbons (Fsp3) is 0.190. The number of carbonyl (C=O) groups is 3. The van der Waals surface area contributed by atoms with Crippen molar-refractivity contribution in [1.82, 2.24) is 5.32 Å². The molecule has 0 aliphatic carbocycles. The molecule has 0 aromatic heterocycles. The molecule has 4 amide bonds. The topological polar surface area (TPSA) is 84.9 Å². The van der Waals surface area contributed by atoms with E-state index >= 15 is 0 Å². The predicted molar refractivity (Wildman–Crippen MR) is 119 cm³/mol. The molecule has 7 nitrogen and oxygen atoms in total. The molecule has 1 N–H and O–H groups in total. The highest BCUT2D eigenvalue weighted by atomic mass is 35.5. The van der Waals surface area contributed by atoms with E-state index in [9.17, 15) is 14.4 Å². The van der Waals surface area contributed by atoms with Crippen molar-refractivity contribution in [2.24, 2.45) is 0 Å². The molecule has 1 heterocycles. The molecule has 2 aromatic carbocycles. The van der Waals surface area contributed by atoms with Crippen LogP contribution in [-0.4, -0.2) is 31.6 Å². The molecule has 0 saturated carbocycles. The van der Waals surface area contributed by atoms with Crippen LogP contribution in [-0.2, 0) is 9.59 Å². The molecule has 0 atom stereocenters. The van der Waals surface area contributed by atoms with Crippen LogP contribution in [0, 0.1) is 0 Å². The molecule has 162 valence electrons. The lowest BCUT2D eigenvalue weighted by atomic mass is 10.1. The van der Waals surface area contributed by atoms with Crippen molar-refractivity contribution in [2.45, 2.75) is 13.3 Å². The summed E-state index contributed by atoms with van der Waals surface area (Å²) >= 11 is 18.2. The fourth-order valence-corrected chi connectivity index (χ4v) is 3.42. The molecule has 1 fully saturated rings. The Morgan fingerprint density at radius 3 is 2.42 bits per heavy atom. The number of methoxy groups -OCH3 is 1. The van der Waals surface area contributed by atoms with E-state index in [-0.39, 0.29) is 26.3 Å². The van der Waals surface area contributed by atoms with Crippen molar-refractivity contribution in [3.63, 3.8) is 0 Å². The van der Waals surface area contributed by atoms with Crippen LogP contribution in [0.4, 0.5) is 10.5 Å². The zero-order chi connectivity index (χ0) is 22.7.